The van der Waals surface area contributed by atoms with Crippen molar-refractivity contribution in [1.29, 1.82) is 0 Å². The third kappa shape index (κ3) is 5.26. The predicted molar refractivity (Wildman–Crippen MR) is 96.9 cm³/mol. The summed E-state index contributed by atoms with van der Waals surface area (Å²) < 4.78 is 0. The van der Waals surface area contributed by atoms with Gasteiger partial charge in [-0.15, -0.1) is 0 Å². The number of benzene rings is 1. The van der Waals surface area contributed by atoms with Gasteiger partial charge < -0.3 is 5.32 Å². The first-order valence-corrected chi connectivity index (χ1v) is 12.3. The lowest BCUT2D eigenvalue weighted by molar-refractivity contribution is 0.336. The Hall–Kier alpha value is -0.603. The number of nitrogens with one attached hydrogen (secondary N) is 1. The highest BCUT2D eigenvalue weighted by molar-refractivity contribution is 6.88. The Morgan fingerprint density at radius 1 is 1.00 bits per heavy atom. The molecular formula is C19H33NSi. The molecule has 118 valence electrons. The SMILES string of the molecule is C[C@@H](NCc1ccc([Si](C)(C)C)cc1)C1CCCCCC1. The van der Waals surface area contributed by atoms with E-state index in [9.17, 15) is 0 Å². The maximum Gasteiger partial charge on any atom is 0.0775 e. The maximum absolute atomic E-state index is 3.77. The molecule has 1 aliphatic rings. The van der Waals surface area contributed by atoms with Crippen molar-refractivity contribution in [2.45, 2.75) is 77.7 Å². The molecule has 21 heavy (non-hydrogen) atoms. The van der Waals surface area contributed by atoms with Gasteiger partial charge in [0.2, 0.25) is 0 Å². The second kappa shape index (κ2) is 7.60. The van der Waals surface area contributed by atoms with Crippen LogP contribution in [-0.4, -0.2) is 14.1 Å². The number of hydrogen-bond donors (Lipinski definition) is 1. The summed E-state index contributed by atoms with van der Waals surface area (Å²) in [5.41, 5.74) is 1.43. The monoisotopic (exact) mass is 303 g/mol. The first-order valence-electron chi connectivity index (χ1n) is 8.79. The Kier molecular flexibility index (Phi) is 6.06. The molecule has 0 radical (unpaired) electrons. The van der Waals surface area contributed by atoms with Crippen LogP contribution >= 0.6 is 0 Å². The predicted octanol–water partition coefficient (Wildman–Crippen LogP) is 4.68. The minimum absolute atomic E-state index is 0.653. The molecular weight excluding hydrogens is 270 g/mol. The Balaban J connectivity index is 1.84. The van der Waals surface area contributed by atoms with Gasteiger partial charge in [-0.3, -0.25) is 0 Å². The number of rotatable bonds is 5. The Labute approximate surface area is 132 Å². The van der Waals surface area contributed by atoms with Crippen LogP contribution in [0.25, 0.3) is 0 Å². The van der Waals surface area contributed by atoms with Crippen LogP contribution in [0.2, 0.25) is 19.6 Å². The lowest BCUT2D eigenvalue weighted by atomic mass is 9.93. The molecule has 1 saturated carbocycles. The van der Waals surface area contributed by atoms with Crippen molar-refractivity contribution in [3.05, 3.63) is 29.8 Å². The van der Waals surface area contributed by atoms with Crippen molar-refractivity contribution in [2.24, 2.45) is 5.92 Å². The highest BCUT2D eigenvalue weighted by Crippen LogP contribution is 2.25. The zero-order valence-corrected chi connectivity index (χ0v) is 15.4. The third-order valence-corrected chi connectivity index (χ3v) is 7.12. The highest BCUT2D eigenvalue weighted by Gasteiger charge is 2.19. The average molecular weight is 304 g/mol. The maximum atomic E-state index is 3.77. The molecule has 0 unspecified atom stereocenters. The van der Waals surface area contributed by atoms with Gasteiger partial charge in [0, 0.05) is 12.6 Å². The van der Waals surface area contributed by atoms with Crippen molar-refractivity contribution in [3.63, 3.8) is 0 Å². The minimum Gasteiger partial charge on any atom is -0.310 e. The highest BCUT2D eigenvalue weighted by atomic mass is 28.3. The second-order valence-electron chi connectivity index (χ2n) is 7.87. The van der Waals surface area contributed by atoms with E-state index in [1.54, 1.807) is 5.19 Å². The second-order valence-corrected chi connectivity index (χ2v) is 12.9. The van der Waals surface area contributed by atoms with Gasteiger partial charge in [0.05, 0.1) is 8.07 Å². The molecule has 1 fully saturated rings. The standard InChI is InChI=1S/C19H33NSi/c1-16(18-9-7-5-6-8-10-18)20-15-17-11-13-19(14-12-17)21(2,3)4/h11-14,16,18,20H,5-10,15H2,1-4H3/t16-/m1/s1. The van der Waals surface area contributed by atoms with Gasteiger partial charge in [0.1, 0.15) is 0 Å². The molecule has 0 bridgehead atoms. The molecule has 1 aromatic carbocycles. The Morgan fingerprint density at radius 3 is 2.10 bits per heavy atom. The first-order chi connectivity index (χ1) is 9.97. The van der Waals surface area contributed by atoms with Gasteiger partial charge in [-0.25, -0.2) is 0 Å². The first kappa shape index (κ1) is 16.8. The van der Waals surface area contributed by atoms with Crippen molar-refractivity contribution in [2.75, 3.05) is 0 Å². The fraction of sp³-hybridized carbons (Fsp3) is 0.684. The molecule has 1 atom stereocenters. The zero-order valence-electron chi connectivity index (χ0n) is 14.4. The fourth-order valence-corrected chi connectivity index (χ4v) is 4.55. The van der Waals surface area contributed by atoms with Crippen molar-refractivity contribution in [3.8, 4) is 0 Å². The van der Waals surface area contributed by atoms with Crippen molar-refractivity contribution < 1.29 is 0 Å². The van der Waals surface area contributed by atoms with E-state index in [1.807, 2.05) is 0 Å². The summed E-state index contributed by atoms with van der Waals surface area (Å²) in [5.74, 6) is 0.883. The summed E-state index contributed by atoms with van der Waals surface area (Å²) in [4.78, 5) is 0. The van der Waals surface area contributed by atoms with Crippen LogP contribution < -0.4 is 10.5 Å². The topological polar surface area (TPSA) is 12.0 Å². The third-order valence-electron chi connectivity index (χ3n) is 5.06. The molecule has 0 aromatic heterocycles. The molecule has 2 rings (SSSR count). The Morgan fingerprint density at radius 2 is 1.57 bits per heavy atom. The molecule has 0 amide bonds. The minimum atomic E-state index is -1.15. The molecule has 2 heteroatoms. The summed E-state index contributed by atoms with van der Waals surface area (Å²) in [5, 5.41) is 5.32. The van der Waals surface area contributed by atoms with Gasteiger partial charge in [-0.2, -0.15) is 0 Å². The summed E-state index contributed by atoms with van der Waals surface area (Å²) in [6.45, 7) is 10.6. The Bertz CT molecular complexity index is 410. The lowest BCUT2D eigenvalue weighted by Gasteiger charge is -2.24. The van der Waals surface area contributed by atoms with Gasteiger partial charge in [0.25, 0.3) is 0 Å². The molecule has 1 aliphatic carbocycles. The zero-order chi connectivity index (χ0) is 15.3. The summed E-state index contributed by atoms with van der Waals surface area (Å²) in [7, 11) is -1.15. The van der Waals surface area contributed by atoms with E-state index in [2.05, 4.69) is 56.1 Å². The molecule has 0 saturated heterocycles. The van der Waals surface area contributed by atoms with E-state index in [4.69, 9.17) is 0 Å². The summed E-state index contributed by atoms with van der Waals surface area (Å²) in [6, 6.07) is 9.99. The molecule has 0 heterocycles. The van der Waals surface area contributed by atoms with Crippen LogP contribution in [0.3, 0.4) is 0 Å². The van der Waals surface area contributed by atoms with Crippen LogP contribution in [0.1, 0.15) is 51.0 Å². The van der Waals surface area contributed by atoms with E-state index in [0.717, 1.165) is 12.5 Å². The molecule has 1 N–H and O–H groups in total. The van der Waals surface area contributed by atoms with Crippen LogP contribution in [-0.2, 0) is 6.54 Å². The van der Waals surface area contributed by atoms with Crippen molar-refractivity contribution >= 4 is 13.3 Å². The number of hydrogen-bond acceptors (Lipinski definition) is 1. The summed E-state index contributed by atoms with van der Waals surface area (Å²) in [6.07, 6.45) is 8.59. The average Bonchev–Trinajstić information content (AvgIpc) is 2.73. The van der Waals surface area contributed by atoms with E-state index >= 15 is 0 Å². The van der Waals surface area contributed by atoms with Gasteiger partial charge >= 0.3 is 0 Å². The normalized spacial score (nSPS) is 19.2. The molecule has 0 aliphatic heterocycles. The van der Waals surface area contributed by atoms with E-state index < -0.39 is 8.07 Å². The largest absolute Gasteiger partial charge is 0.310 e. The lowest BCUT2D eigenvalue weighted by Crippen LogP contribution is -2.37. The van der Waals surface area contributed by atoms with E-state index in [1.165, 1.54) is 44.1 Å². The quantitative estimate of drug-likeness (QED) is 0.615. The summed E-state index contributed by atoms with van der Waals surface area (Å²) >= 11 is 0. The smallest absolute Gasteiger partial charge is 0.0775 e. The molecule has 1 aromatic rings. The molecule has 0 spiro atoms. The van der Waals surface area contributed by atoms with E-state index in [0.29, 0.717) is 6.04 Å². The van der Waals surface area contributed by atoms with E-state index in [-0.39, 0.29) is 0 Å². The van der Waals surface area contributed by atoms with Crippen LogP contribution in [0.5, 0.6) is 0 Å². The molecule has 1 nitrogen and oxygen atoms in total. The van der Waals surface area contributed by atoms with Crippen LogP contribution in [0, 0.1) is 5.92 Å². The van der Waals surface area contributed by atoms with Gasteiger partial charge in [-0.1, -0.05) is 74.8 Å². The van der Waals surface area contributed by atoms with Gasteiger partial charge in [0.15, 0.2) is 0 Å². The van der Waals surface area contributed by atoms with Crippen molar-refractivity contribution in [1.82, 2.24) is 5.32 Å². The van der Waals surface area contributed by atoms with Crippen LogP contribution in [0.15, 0.2) is 24.3 Å². The fourth-order valence-electron chi connectivity index (χ4n) is 3.38. The van der Waals surface area contributed by atoms with Crippen LogP contribution in [0.4, 0.5) is 0 Å². The van der Waals surface area contributed by atoms with Gasteiger partial charge in [-0.05, 0) is 31.2 Å².